The summed E-state index contributed by atoms with van der Waals surface area (Å²) in [5.41, 5.74) is 7.20. The summed E-state index contributed by atoms with van der Waals surface area (Å²) in [4.78, 5) is 29.2. The zero-order valence-electron chi connectivity index (χ0n) is 24.4. The minimum Gasteiger partial charge on any atom is -0.463 e. The number of ether oxygens (including phenoxy) is 1. The highest BCUT2D eigenvalue weighted by molar-refractivity contribution is 8.18. The Morgan fingerprint density at radius 2 is 2.00 bits per heavy atom. The van der Waals surface area contributed by atoms with Gasteiger partial charge in [0.25, 0.3) is 5.24 Å². The standard InChI is InChI=1S/C30H39ClFN5O3S2/c1-29(2,3)27(38)40-18-30(4,21-11-12-23(32)22(31)16-21)36-41-28(39)35-24-9-7-8-20(26(24)33)17-37-14-15-42(19-37)25-10-5-6-13-34-25/h7-9,11-12,14-16,34,36H,5-6,10,13,17-19,33H2,1-4H3,(H,35,39). The SMILES string of the molecule is CC(C)(C)C(=O)OCC(C)(NSC(=O)Nc1cccc(CN2C=C/S(=C3/CCCCN3)C2)c1N)c1ccc(F)c(Cl)c1. The predicted octanol–water partition coefficient (Wildman–Crippen LogP) is 6.75. The molecule has 2 atom stereocenters. The molecule has 1 fully saturated rings. The van der Waals surface area contributed by atoms with Gasteiger partial charge >= 0.3 is 5.97 Å². The van der Waals surface area contributed by atoms with Crippen molar-refractivity contribution in [3.05, 3.63) is 70.0 Å². The summed E-state index contributed by atoms with van der Waals surface area (Å²) in [7, 11) is 0.0897. The molecule has 0 spiro atoms. The predicted molar refractivity (Wildman–Crippen MR) is 174 cm³/mol. The Balaban J connectivity index is 1.41. The van der Waals surface area contributed by atoms with E-state index in [9.17, 15) is 14.0 Å². The topological polar surface area (TPSA) is 109 Å². The van der Waals surface area contributed by atoms with Crippen LogP contribution < -0.4 is 21.1 Å². The van der Waals surface area contributed by atoms with Gasteiger partial charge in [0.1, 0.15) is 12.4 Å². The average molecular weight is 636 g/mol. The van der Waals surface area contributed by atoms with Crippen molar-refractivity contribution in [2.24, 2.45) is 5.41 Å². The minimum atomic E-state index is -1.06. The number of hydrogen-bond donors (Lipinski definition) is 4. The fourth-order valence-electron chi connectivity index (χ4n) is 4.44. The molecule has 4 rings (SSSR count). The molecule has 8 nitrogen and oxygen atoms in total. The van der Waals surface area contributed by atoms with Gasteiger partial charge in [-0.05, 0) is 81.7 Å². The quantitative estimate of drug-likeness (QED) is 0.109. The smallest absolute Gasteiger partial charge is 0.311 e. The van der Waals surface area contributed by atoms with E-state index in [2.05, 4.69) is 31.9 Å². The third kappa shape index (κ3) is 8.29. The van der Waals surface area contributed by atoms with Gasteiger partial charge in [0.2, 0.25) is 0 Å². The van der Waals surface area contributed by atoms with Crippen molar-refractivity contribution in [2.45, 2.75) is 59.0 Å². The first kappa shape index (κ1) is 32.3. The normalized spacial score (nSPS) is 19.4. The van der Waals surface area contributed by atoms with Gasteiger partial charge in [-0.1, -0.05) is 29.8 Å². The highest BCUT2D eigenvalue weighted by Crippen LogP contribution is 2.33. The van der Waals surface area contributed by atoms with Gasteiger partial charge in [-0.2, -0.15) is 0 Å². The number of para-hydroxylation sites is 1. The second-order valence-corrected chi connectivity index (χ2v) is 14.7. The number of anilines is 2. The minimum absolute atomic E-state index is 0.0741. The lowest BCUT2D eigenvalue weighted by atomic mass is 9.93. The molecule has 0 aromatic heterocycles. The number of nitrogen functional groups attached to an aromatic ring is 1. The van der Waals surface area contributed by atoms with E-state index in [-0.39, 0.29) is 22.1 Å². The Labute approximate surface area is 259 Å². The van der Waals surface area contributed by atoms with E-state index in [1.165, 1.54) is 30.0 Å². The summed E-state index contributed by atoms with van der Waals surface area (Å²) in [6.07, 6.45) is 5.72. The van der Waals surface area contributed by atoms with E-state index < -0.39 is 28.0 Å². The van der Waals surface area contributed by atoms with Crippen LogP contribution in [0, 0.1) is 11.2 Å². The average Bonchev–Trinajstić information content (AvgIpc) is 3.43. The second-order valence-electron chi connectivity index (χ2n) is 11.7. The largest absolute Gasteiger partial charge is 0.463 e. The van der Waals surface area contributed by atoms with E-state index in [1.54, 1.807) is 39.8 Å². The highest BCUT2D eigenvalue weighted by Gasteiger charge is 2.33. The van der Waals surface area contributed by atoms with Crippen LogP contribution in [0.15, 0.2) is 48.0 Å². The Bertz CT molecular complexity index is 1390. The molecule has 2 aliphatic rings. The van der Waals surface area contributed by atoms with Crippen molar-refractivity contribution in [3.63, 3.8) is 0 Å². The maximum absolute atomic E-state index is 13.9. The summed E-state index contributed by atoms with van der Waals surface area (Å²) < 4.78 is 22.6. The van der Waals surface area contributed by atoms with Crippen LogP contribution in [0.3, 0.4) is 0 Å². The number of nitrogens with one attached hydrogen (secondary N) is 3. The molecule has 2 heterocycles. The number of benzene rings is 2. The van der Waals surface area contributed by atoms with Crippen LogP contribution >= 0.6 is 34.0 Å². The summed E-state index contributed by atoms with van der Waals surface area (Å²) in [5, 5.41) is 8.21. The van der Waals surface area contributed by atoms with E-state index in [0.29, 0.717) is 23.5 Å². The highest BCUT2D eigenvalue weighted by atomic mass is 35.5. The third-order valence-electron chi connectivity index (χ3n) is 7.05. The van der Waals surface area contributed by atoms with Gasteiger partial charge in [-0.15, -0.1) is 10.5 Å². The van der Waals surface area contributed by atoms with Crippen molar-refractivity contribution in [1.29, 1.82) is 0 Å². The summed E-state index contributed by atoms with van der Waals surface area (Å²) in [6.45, 7) is 8.58. The summed E-state index contributed by atoms with van der Waals surface area (Å²) >= 11 is 6.84. The zero-order chi connectivity index (χ0) is 30.5. The number of halogens is 2. The van der Waals surface area contributed by atoms with Crippen molar-refractivity contribution < 1.29 is 18.7 Å². The fraction of sp³-hybridized carbons (Fsp3) is 0.433. The Morgan fingerprint density at radius 3 is 2.69 bits per heavy atom. The van der Waals surface area contributed by atoms with Crippen molar-refractivity contribution in [3.8, 4) is 0 Å². The second kappa shape index (κ2) is 13.8. The first-order valence-electron chi connectivity index (χ1n) is 13.8. The third-order valence-corrected chi connectivity index (χ3v) is 10.2. The van der Waals surface area contributed by atoms with Crippen LogP contribution in [-0.4, -0.2) is 40.1 Å². The summed E-state index contributed by atoms with van der Waals surface area (Å²) in [6, 6.07) is 9.82. The molecule has 0 bridgehead atoms. The van der Waals surface area contributed by atoms with E-state index in [0.717, 1.165) is 36.4 Å². The molecule has 1 amide bonds. The van der Waals surface area contributed by atoms with E-state index in [4.69, 9.17) is 22.1 Å². The number of esters is 1. The Kier molecular flexibility index (Phi) is 10.6. The lowest BCUT2D eigenvalue weighted by Crippen LogP contribution is -2.42. The van der Waals surface area contributed by atoms with Crippen molar-refractivity contribution in [2.75, 3.05) is 30.1 Å². The number of carbonyl (C=O) groups is 2. The molecule has 42 heavy (non-hydrogen) atoms. The zero-order valence-corrected chi connectivity index (χ0v) is 26.8. The maximum atomic E-state index is 13.9. The van der Waals surface area contributed by atoms with Crippen molar-refractivity contribution in [1.82, 2.24) is 14.9 Å². The Morgan fingerprint density at radius 1 is 1.21 bits per heavy atom. The molecule has 12 heteroatoms. The molecule has 5 N–H and O–H groups in total. The summed E-state index contributed by atoms with van der Waals surface area (Å²) in [5.74, 6) is -0.0553. The number of rotatable bonds is 8. The molecule has 0 saturated carbocycles. The molecule has 228 valence electrons. The number of nitrogens with zero attached hydrogens (tertiary/aromatic N) is 1. The van der Waals surface area contributed by atoms with E-state index in [1.807, 2.05) is 12.1 Å². The first-order valence-corrected chi connectivity index (χ1v) is 16.5. The van der Waals surface area contributed by atoms with Gasteiger partial charge in [-0.25, -0.2) is 9.11 Å². The van der Waals surface area contributed by atoms with Crippen LogP contribution in [0.5, 0.6) is 0 Å². The molecule has 0 radical (unpaired) electrons. The lowest BCUT2D eigenvalue weighted by molar-refractivity contribution is -0.155. The van der Waals surface area contributed by atoms with Crippen LogP contribution in [-0.2, 0) is 21.6 Å². The molecule has 1 saturated heterocycles. The molecule has 0 aliphatic carbocycles. The molecular weight excluding hydrogens is 597 g/mol. The van der Waals surface area contributed by atoms with E-state index >= 15 is 0 Å². The molecule has 2 unspecified atom stereocenters. The Hall–Kier alpha value is -2.57. The molecular formula is C30H39ClFN5O3S2. The number of carbonyl (C=O) groups excluding carboxylic acids is 2. The number of piperidine rings is 1. The van der Waals surface area contributed by atoms with Gasteiger partial charge in [0.05, 0.1) is 33.2 Å². The number of hydrogen-bond acceptors (Lipinski definition) is 7. The van der Waals surface area contributed by atoms with Gasteiger partial charge < -0.3 is 20.7 Å². The number of amides is 1. The molecule has 2 aliphatic heterocycles. The van der Waals surface area contributed by atoms with Crippen molar-refractivity contribution >= 4 is 61.6 Å². The van der Waals surface area contributed by atoms with Gasteiger partial charge in [0.15, 0.2) is 0 Å². The first-order chi connectivity index (χ1) is 19.9. The van der Waals surface area contributed by atoms with Crippen LogP contribution in [0.25, 0.3) is 0 Å². The molecule has 2 aromatic carbocycles. The fourth-order valence-corrected chi connectivity index (χ4v) is 7.23. The van der Waals surface area contributed by atoms with Gasteiger partial charge in [0, 0.05) is 36.2 Å². The van der Waals surface area contributed by atoms with Crippen LogP contribution in [0.1, 0.15) is 58.1 Å². The van der Waals surface area contributed by atoms with Crippen LogP contribution in [0.2, 0.25) is 5.02 Å². The maximum Gasteiger partial charge on any atom is 0.311 e. The monoisotopic (exact) mass is 635 g/mol. The number of nitrogens with two attached hydrogens (primary N) is 1. The molecule has 2 aromatic rings. The van der Waals surface area contributed by atoms with Gasteiger partial charge in [-0.3, -0.25) is 14.9 Å². The van der Waals surface area contributed by atoms with Crippen LogP contribution in [0.4, 0.5) is 20.6 Å². The lowest BCUT2D eigenvalue weighted by Gasteiger charge is -2.31.